The Morgan fingerprint density at radius 1 is 1.24 bits per heavy atom. The van der Waals surface area contributed by atoms with Gasteiger partial charge in [-0.1, -0.05) is 36.0 Å². The van der Waals surface area contributed by atoms with Gasteiger partial charge >= 0.3 is 0 Å². The van der Waals surface area contributed by atoms with Gasteiger partial charge in [0.25, 0.3) is 5.91 Å². The highest BCUT2D eigenvalue weighted by atomic mass is 32.2. The summed E-state index contributed by atoms with van der Waals surface area (Å²) in [5, 5.41) is 14.1. The van der Waals surface area contributed by atoms with E-state index >= 15 is 0 Å². The van der Waals surface area contributed by atoms with E-state index in [0.717, 1.165) is 44.2 Å². The van der Waals surface area contributed by atoms with E-state index in [9.17, 15) is 9.90 Å². The molecule has 4 rings (SSSR count). The molecular formula is C18H15N3O2S2. The lowest BCUT2D eigenvalue weighted by Crippen LogP contribution is -2.21. The fraction of sp³-hybridized carbons (Fsp3) is 0.167. The molecule has 3 aromatic rings. The molecule has 1 heterocycles. The number of hydrazone groups is 1. The number of rotatable bonds is 4. The predicted octanol–water partition coefficient (Wildman–Crippen LogP) is 3.56. The average molecular weight is 369 g/mol. The molecule has 0 fully saturated rings. The van der Waals surface area contributed by atoms with Gasteiger partial charge in [0.1, 0.15) is 5.75 Å². The number of hydrogen-bond donors (Lipinski definition) is 2. The van der Waals surface area contributed by atoms with Crippen LogP contribution in [0.1, 0.15) is 17.5 Å². The molecular weight excluding hydrogens is 354 g/mol. The fourth-order valence-electron chi connectivity index (χ4n) is 2.80. The Morgan fingerprint density at radius 3 is 3.00 bits per heavy atom. The van der Waals surface area contributed by atoms with Gasteiger partial charge in [-0.2, -0.15) is 5.10 Å². The Hall–Kier alpha value is -2.38. The monoisotopic (exact) mass is 369 g/mol. The molecule has 0 unspecified atom stereocenters. The predicted molar refractivity (Wildman–Crippen MR) is 101 cm³/mol. The highest BCUT2D eigenvalue weighted by molar-refractivity contribution is 8.01. The number of nitrogens with one attached hydrogen (secondary N) is 1. The molecule has 126 valence electrons. The summed E-state index contributed by atoms with van der Waals surface area (Å²) in [6, 6.07) is 13.3. The highest BCUT2D eigenvalue weighted by Crippen LogP contribution is 2.30. The van der Waals surface area contributed by atoms with Crippen molar-refractivity contribution >= 4 is 44.9 Å². The molecule has 0 saturated heterocycles. The number of phenols is 1. The summed E-state index contributed by atoms with van der Waals surface area (Å²) in [5.74, 6) is 0.398. The molecule has 2 N–H and O–H groups in total. The Balaban J connectivity index is 1.38. The number of aromatic nitrogens is 1. The number of thioether (sulfide) groups is 1. The summed E-state index contributed by atoms with van der Waals surface area (Å²) in [5.41, 5.74) is 6.20. The number of carbonyl (C=O) groups is 1. The van der Waals surface area contributed by atoms with Crippen LogP contribution in [0.5, 0.6) is 5.75 Å². The van der Waals surface area contributed by atoms with Crippen molar-refractivity contribution in [2.24, 2.45) is 5.10 Å². The lowest BCUT2D eigenvalue weighted by Gasteiger charge is -2.03. The van der Waals surface area contributed by atoms with Crippen LogP contribution in [0, 0.1) is 0 Å². The Kier molecular flexibility index (Phi) is 4.42. The Labute approximate surface area is 152 Å². The van der Waals surface area contributed by atoms with Crippen molar-refractivity contribution in [3.63, 3.8) is 0 Å². The molecule has 2 aromatic carbocycles. The maximum atomic E-state index is 12.1. The van der Waals surface area contributed by atoms with Gasteiger partial charge in [0.05, 0.1) is 21.7 Å². The van der Waals surface area contributed by atoms with E-state index in [-0.39, 0.29) is 11.7 Å². The van der Waals surface area contributed by atoms with Crippen molar-refractivity contribution in [1.82, 2.24) is 10.4 Å². The van der Waals surface area contributed by atoms with Crippen molar-refractivity contribution in [2.75, 3.05) is 5.75 Å². The number of fused-ring (bicyclic) bond motifs is 2. The number of carbonyl (C=O) groups excluding carboxylic acids is 1. The SMILES string of the molecule is O=C(CSc1nc2ccccc2s1)N/N=C1\CCc2c(O)cccc21. The van der Waals surface area contributed by atoms with Crippen molar-refractivity contribution in [3.05, 3.63) is 53.6 Å². The second-order valence-corrected chi connectivity index (χ2v) is 7.89. The van der Waals surface area contributed by atoms with Crippen LogP contribution >= 0.6 is 23.1 Å². The maximum absolute atomic E-state index is 12.1. The van der Waals surface area contributed by atoms with Crippen LogP contribution in [0.3, 0.4) is 0 Å². The molecule has 25 heavy (non-hydrogen) atoms. The summed E-state index contributed by atoms with van der Waals surface area (Å²) in [6.07, 6.45) is 1.47. The van der Waals surface area contributed by atoms with Crippen LogP contribution in [-0.4, -0.2) is 27.5 Å². The molecule has 1 aliphatic rings. The third-order valence-corrected chi connectivity index (χ3v) is 6.17. The minimum absolute atomic E-state index is 0.162. The molecule has 7 heteroatoms. The topological polar surface area (TPSA) is 74.6 Å². The Bertz CT molecular complexity index is 948. The highest BCUT2D eigenvalue weighted by Gasteiger charge is 2.20. The van der Waals surface area contributed by atoms with Crippen LogP contribution in [0.15, 0.2) is 51.9 Å². The molecule has 0 bridgehead atoms. The summed E-state index contributed by atoms with van der Waals surface area (Å²) in [6.45, 7) is 0. The van der Waals surface area contributed by atoms with Crippen LogP contribution < -0.4 is 5.43 Å². The zero-order chi connectivity index (χ0) is 17.2. The molecule has 0 spiro atoms. The quantitative estimate of drug-likeness (QED) is 0.545. The number of thiazole rings is 1. The van der Waals surface area contributed by atoms with Crippen LogP contribution in [-0.2, 0) is 11.2 Å². The second kappa shape index (κ2) is 6.85. The molecule has 0 radical (unpaired) electrons. The van der Waals surface area contributed by atoms with Crippen molar-refractivity contribution in [3.8, 4) is 5.75 Å². The number of hydrogen-bond acceptors (Lipinski definition) is 6. The molecule has 1 aromatic heterocycles. The average Bonchev–Trinajstić information content (AvgIpc) is 3.22. The lowest BCUT2D eigenvalue weighted by molar-refractivity contribution is -0.118. The van der Waals surface area contributed by atoms with Gasteiger partial charge in [0, 0.05) is 11.1 Å². The van der Waals surface area contributed by atoms with Gasteiger partial charge in [-0.3, -0.25) is 4.79 Å². The number of phenolic OH excluding ortho intramolecular Hbond substituents is 1. The van der Waals surface area contributed by atoms with Crippen LogP contribution in [0.2, 0.25) is 0 Å². The zero-order valence-electron chi connectivity index (χ0n) is 13.2. The van der Waals surface area contributed by atoms with Gasteiger partial charge in [-0.15, -0.1) is 11.3 Å². The molecule has 1 amide bonds. The van der Waals surface area contributed by atoms with Gasteiger partial charge < -0.3 is 5.11 Å². The van der Waals surface area contributed by atoms with E-state index in [1.165, 1.54) is 11.8 Å². The third-order valence-electron chi connectivity index (χ3n) is 3.99. The van der Waals surface area contributed by atoms with Gasteiger partial charge in [0.2, 0.25) is 0 Å². The molecule has 0 saturated carbocycles. The van der Waals surface area contributed by atoms with Crippen LogP contribution in [0.4, 0.5) is 0 Å². The standard InChI is InChI=1S/C18H15N3O2S2/c22-15-6-3-4-11-12(15)8-9-13(11)20-21-17(23)10-24-18-19-14-5-1-2-7-16(14)25-18/h1-7,22H,8-10H2,(H,21,23)/b20-13+. The first-order valence-corrected chi connectivity index (χ1v) is 9.66. The number of amides is 1. The molecule has 0 atom stereocenters. The third kappa shape index (κ3) is 3.38. The lowest BCUT2D eigenvalue weighted by atomic mass is 10.1. The summed E-state index contributed by atoms with van der Waals surface area (Å²) in [7, 11) is 0. The van der Waals surface area contributed by atoms with E-state index in [0.29, 0.717) is 5.75 Å². The van der Waals surface area contributed by atoms with Gasteiger partial charge in [-0.05, 0) is 31.0 Å². The molecule has 1 aliphatic carbocycles. The van der Waals surface area contributed by atoms with E-state index in [1.807, 2.05) is 30.3 Å². The number of aromatic hydroxyl groups is 1. The molecule has 0 aliphatic heterocycles. The fourth-order valence-corrected chi connectivity index (χ4v) is 4.66. The summed E-state index contributed by atoms with van der Waals surface area (Å²) in [4.78, 5) is 16.6. The maximum Gasteiger partial charge on any atom is 0.250 e. The number of para-hydroxylation sites is 1. The van der Waals surface area contributed by atoms with Crippen LogP contribution in [0.25, 0.3) is 10.2 Å². The zero-order valence-corrected chi connectivity index (χ0v) is 14.9. The first kappa shape index (κ1) is 16.1. The van der Waals surface area contributed by atoms with Crippen molar-refractivity contribution in [2.45, 2.75) is 17.2 Å². The van der Waals surface area contributed by atoms with Crippen molar-refractivity contribution < 1.29 is 9.90 Å². The Morgan fingerprint density at radius 2 is 2.12 bits per heavy atom. The van der Waals surface area contributed by atoms with E-state index < -0.39 is 0 Å². The van der Waals surface area contributed by atoms with E-state index in [1.54, 1.807) is 23.5 Å². The van der Waals surface area contributed by atoms with Gasteiger partial charge in [-0.25, -0.2) is 10.4 Å². The second-order valence-electron chi connectivity index (χ2n) is 5.63. The van der Waals surface area contributed by atoms with Crippen molar-refractivity contribution in [1.29, 1.82) is 0 Å². The minimum Gasteiger partial charge on any atom is -0.508 e. The van der Waals surface area contributed by atoms with Gasteiger partial charge in [0.15, 0.2) is 4.34 Å². The van der Waals surface area contributed by atoms with E-state index in [2.05, 4.69) is 15.5 Å². The molecule has 5 nitrogen and oxygen atoms in total. The first-order valence-electron chi connectivity index (χ1n) is 7.86. The normalized spacial score (nSPS) is 14.8. The van der Waals surface area contributed by atoms with E-state index in [4.69, 9.17) is 0 Å². The summed E-state index contributed by atoms with van der Waals surface area (Å²) >= 11 is 2.99. The smallest absolute Gasteiger partial charge is 0.250 e. The summed E-state index contributed by atoms with van der Waals surface area (Å²) < 4.78 is 1.99. The minimum atomic E-state index is -0.162. The number of benzene rings is 2. The number of nitrogens with zero attached hydrogens (tertiary/aromatic N) is 2. The largest absolute Gasteiger partial charge is 0.508 e. The first-order chi connectivity index (χ1) is 12.2.